The molecule has 0 spiro atoms. The van der Waals surface area contributed by atoms with Gasteiger partial charge < -0.3 is 2.85 Å². The molecule has 120 valence electrons. The summed E-state index contributed by atoms with van der Waals surface area (Å²) in [5.74, 6) is -0.656. The Morgan fingerprint density at radius 3 is 1.38 bits per heavy atom. The summed E-state index contributed by atoms with van der Waals surface area (Å²) in [5, 5.41) is 0. The van der Waals surface area contributed by atoms with Gasteiger partial charge in [0.1, 0.15) is 0 Å². The fourth-order valence-corrected chi connectivity index (χ4v) is 2.82. The maximum Gasteiger partial charge on any atom is 1.00 e. The van der Waals surface area contributed by atoms with Crippen molar-refractivity contribution in [2.45, 2.75) is 9.79 Å². The molecular weight excluding hydrogens is 378 g/mol. The van der Waals surface area contributed by atoms with Crippen LogP contribution < -0.4 is 59.1 Å². The first-order valence-corrected chi connectivity index (χ1v) is 8.67. The van der Waals surface area contributed by atoms with Gasteiger partial charge in [0, 0.05) is 11.1 Å². The second-order valence-electron chi connectivity index (χ2n) is 4.33. The average Bonchev–Trinajstić information content (AvgIpc) is 2.45. The standard InChI is InChI=1S/C13H10O7S2.2Na.2H/c14-13(9-3-1-5-11(7-9)21(15,16)17)10-4-2-6-12(8-10)22(18,19)20;;;;/h1-8H,(H,15,16,17)(H,18,19,20);;;;/q;2*+1;2*-1. The van der Waals surface area contributed by atoms with Crippen LogP contribution in [0.5, 0.6) is 0 Å². The zero-order chi connectivity index (χ0) is 16.5. The third-order valence-electron chi connectivity index (χ3n) is 2.79. The van der Waals surface area contributed by atoms with Gasteiger partial charge in [-0.1, -0.05) is 24.3 Å². The van der Waals surface area contributed by atoms with E-state index in [1.807, 2.05) is 0 Å². The zero-order valence-corrected chi connectivity index (χ0v) is 18.5. The Balaban J connectivity index is -0.00000132. The minimum atomic E-state index is -4.46. The summed E-state index contributed by atoms with van der Waals surface area (Å²) in [6.07, 6.45) is 0. The number of carbonyl (C=O) groups excluding carboxylic acids is 1. The van der Waals surface area contributed by atoms with Gasteiger partial charge in [-0.25, -0.2) is 0 Å². The molecule has 11 heteroatoms. The van der Waals surface area contributed by atoms with Crippen molar-refractivity contribution in [3.8, 4) is 0 Å². The number of hydrogen-bond acceptors (Lipinski definition) is 5. The molecule has 0 saturated carbocycles. The molecule has 0 radical (unpaired) electrons. The smallest absolute Gasteiger partial charge is 1.00 e. The van der Waals surface area contributed by atoms with Crippen LogP contribution in [0, 0.1) is 0 Å². The minimum absolute atomic E-state index is 0. The van der Waals surface area contributed by atoms with E-state index in [4.69, 9.17) is 9.11 Å². The summed E-state index contributed by atoms with van der Waals surface area (Å²) in [5.41, 5.74) is -0.106. The molecule has 0 saturated heterocycles. The number of hydrogen-bond donors (Lipinski definition) is 2. The monoisotopic (exact) mass is 390 g/mol. The van der Waals surface area contributed by atoms with Gasteiger partial charge in [-0.2, -0.15) is 16.8 Å². The molecule has 0 fully saturated rings. The van der Waals surface area contributed by atoms with E-state index >= 15 is 0 Å². The number of carbonyl (C=O) groups is 1. The number of rotatable bonds is 4. The van der Waals surface area contributed by atoms with E-state index in [0.29, 0.717) is 0 Å². The van der Waals surface area contributed by atoms with Crippen LogP contribution >= 0.6 is 0 Å². The van der Waals surface area contributed by atoms with Gasteiger partial charge in [0.05, 0.1) is 9.79 Å². The van der Waals surface area contributed by atoms with E-state index in [-0.39, 0.29) is 73.1 Å². The quantitative estimate of drug-likeness (QED) is 0.307. The van der Waals surface area contributed by atoms with E-state index in [1.54, 1.807) is 0 Å². The number of ketones is 1. The van der Waals surface area contributed by atoms with Crippen LogP contribution in [0.1, 0.15) is 18.8 Å². The Morgan fingerprint density at radius 1 is 0.750 bits per heavy atom. The first-order valence-electron chi connectivity index (χ1n) is 5.79. The van der Waals surface area contributed by atoms with E-state index < -0.39 is 35.8 Å². The van der Waals surface area contributed by atoms with Crippen LogP contribution in [0.25, 0.3) is 0 Å². The maximum absolute atomic E-state index is 12.3. The molecule has 2 N–H and O–H groups in total. The van der Waals surface area contributed by atoms with Crippen molar-refractivity contribution < 1.29 is 92.7 Å². The molecule has 0 atom stereocenters. The average molecular weight is 390 g/mol. The van der Waals surface area contributed by atoms with Gasteiger partial charge in [0.2, 0.25) is 0 Å². The van der Waals surface area contributed by atoms with Crippen molar-refractivity contribution in [1.82, 2.24) is 0 Å². The third-order valence-corrected chi connectivity index (χ3v) is 4.49. The SMILES string of the molecule is O=C(c1cccc(S(=O)(=O)O)c1)c1cccc(S(=O)(=O)O)c1.[H-].[H-].[Na+].[Na+]. The molecular formula is C13H12Na2O7S2. The van der Waals surface area contributed by atoms with Gasteiger partial charge in [-0.3, -0.25) is 13.9 Å². The molecule has 7 nitrogen and oxygen atoms in total. The summed E-state index contributed by atoms with van der Waals surface area (Å²) in [7, 11) is -8.92. The van der Waals surface area contributed by atoms with Gasteiger partial charge in [-0.15, -0.1) is 0 Å². The maximum atomic E-state index is 12.3. The fraction of sp³-hybridized carbons (Fsp3) is 0. The molecule has 0 bridgehead atoms. The van der Waals surface area contributed by atoms with Crippen molar-refractivity contribution >= 4 is 26.0 Å². The van der Waals surface area contributed by atoms with Crippen LogP contribution in [0.15, 0.2) is 58.3 Å². The van der Waals surface area contributed by atoms with Crippen molar-refractivity contribution in [2.75, 3.05) is 0 Å². The summed E-state index contributed by atoms with van der Waals surface area (Å²) in [4.78, 5) is 11.3. The molecule has 2 rings (SSSR count). The zero-order valence-electron chi connectivity index (χ0n) is 14.9. The predicted molar refractivity (Wildman–Crippen MR) is 78.2 cm³/mol. The molecule has 0 aliphatic carbocycles. The molecule has 2 aromatic rings. The van der Waals surface area contributed by atoms with Crippen molar-refractivity contribution in [3.05, 3.63) is 59.7 Å². The van der Waals surface area contributed by atoms with E-state index in [0.717, 1.165) is 24.3 Å². The number of benzene rings is 2. The Kier molecular flexibility index (Phi) is 9.01. The summed E-state index contributed by atoms with van der Waals surface area (Å²) >= 11 is 0. The van der Waals surface area contributed by atoms with E-state index in [9.17, 15) is 21.6 Å². The van der Waals surface area contributed by atoms with Crippen LogP contribution in [-0.4, -0.2) is 31.7 Å². The second kappa shape index (κ2) is 9.04. The van der Waals surface area contributed by atoms with Gasteiger partial charge >= 0.3 is 59.1 Å². The normalized spacial score (nSPS) is 11.1. The van der Waals surface area contributed by atoms with E-state index in [1.165, 1.54) is 24.3 Å². The fourth-order valence-electron chi connectivity index (χ4n) is 1.76. The molecule has 0 heterocycles. The van der Waals surface area contributed by atoms with E-state index in [2.05, 4.69) is 0 Å². The molecule has 0 aliphatic heterocycles. The Bertz CT molecular complexity index is 886. The molecule has 0 unspecified atom stereocenters. The summed E-state index contributed by atoms with van der Waals surface area (Å²) in [6, 6.07) is 9.33. The van der Waals surface area contributed by atoms with Gasteiger partial charge in [0.25, 0.3) is 20.2 Å². The molecule has 0 aromatic heterocycles. The molecule has 2 aromatic carbocycles. The first kappa shape index (κ1) is 23.9. The molecule has 24 heavy (non-hydrogen) atoms. The van der Waals surface area contributed by atoms with Crippen molar-refractivity contribution in [3.63, 3.8) is 0 Å². The second-order valence-corrected chi connectivity index (χ2v) is 7.18. The molecule has 0 aliphatic rings. The summed E-state index contributed by atoms with van der Waals surface area (Å²) in [6.45, 7) is 0. The van der Waals surface area contributed by atoms with Crippen LogP contribution in [-0.2, 0) is 20.2 Å². The predicted octanol–water partition coefficient (Wildman–Crippen LogP) is -4.36. The van der Waals surface area contributed by atoms with Crippen LogP contribution in [0.3, 0.4) is 0 Å². The first-order chi connectivity index (χ1) is 10.1. The van der Waals surface area contributed by atoms with Crippen molar-refractivity contribution in [2.24, 2.45) is 0 Å². The largest absolute Gasteiger partial charge is 1.00 e. The Morgan fingerprint density at radius 2 is 1.08 bits per heavy atom. The van der Waals surface area contributed by atoms with Crippen LogP contribution in [0.4, 0.5) is 0 Å². The topological polar surface area (TPSA) is 126 Å². The Hall–Kier alpha value is -0.0700. The van der Waals surface area contributed by atoms with Gasteiger partial charge in [0.15, 0.2) is 5.78 Å². The molecule has 0 amide bonds. The minimum Gasteiger partial charge on any atom is -1.00 e. The third kappa shape index (κ3) is 6.03. The van der Waals surface area contributed by atoms with Crippen LogP contribution in [0.2, 0.25) is 0 Å². The van der Waals surface area contributed by atoms with Crippen molar-refractivity contribution in [1.29, 1.82) is 0 Å². The summed E-state index contributed by atoms with van der Waals surface area (Å²) < 4.78 is 62.2. The Labute approximate surface area is 186 Å². The van der Waals surface area contributed by atoms with Gasteiger partial charge in [-0.05, 0) is 24.3 Å².